The van der Waals surface area contributed by atoms with Gasteiger partial charge < -0.3 is 45.3 Å². The molecule has 15 heteroatoms. The zero-order valence-corrected chi connectivity index (χ0v) is 25.0. The number of nitrogens with zero attached hydrogens (tertiary/aromatic N) is 2. The molecule has 1 unspecified atom stereocenters. The van der Waals surface area contributed by atoms with Crippen molar-refractivity contribution in [1.82, 2.24) is 15.5 Å². The van der Waals surface area contributed by atoms with Crippen LogP contribution in [-0.4, -0.2) is 90.6 Å². The highest BCUT2D eigenvalue weighted by Crippen LogP contribution is 2.46. The molecule has 238 valence electrons. The van der Waals surface area contributed by atoms with Gasteiger partial charge in [-0.25, -0.2) is 14.4 Å². The van der Waals surface area contributed by atoms with E-state index in [2.05, 4.69) is 10.6 Å². The Morgan fingerprint density at radius 1 is 1.14 bits per heavy atom. The number of hydroxylamine groups is 2. The summed E-state index contributed by atoms with van der Waals surface area (Å²) in [7, 11) is 1.21. The Hall–Kier alpha value is -3.89. The zero-order valence-electron chi connectivity index (χ0n) is 24.2. The molecule has 2 aliphatic heterocycles. The Kier molecular flexibility index (Phi) is 11.4. The second kappa shape index (κ2) is 15.2. The number of esters is 1. The summed E-state index contributed by atoms with van der Waals surface area (Å²) in [6.45, 7) is 2.15. The molecular weight excluding hydrogens is 596 g/mol. The average Bonchev–Trinajstić information content (AvgIpc) is 3.30. The highest BCUT2D eigenvalue weighted by Gasteiger charge is 2.38. The van der Waals surface area contributed by atoms with Crippen molar-refractivity contribution < 1.29 is 42.7 Å². The van der Waals surface area contributed by atoms with Gasteiger partial charge in [-0.2, -0.15) is 0 Å². The number of amides is 4. The van der Waals surface area contributed by atoms with Crippen molar-refractivity contribution in [2.75, 3.05) is 46.6 Å². The van der Waals surface area contributed by atoms with E-state index in [0.717, 1.165) is 5.56 Å². The van der Waals surface area contributed by atoms with E-state index in [1.165, 1.54) is 13.2 Å². The number of quaternary nitrogens is 1. The van der Waals surface area contributed by atoms with Crippen LogP contribution in [0.15, 0.2) is 42.5 Å². The van der Waals surface area contributed by atoms with E-state index in [4.69, 9.17) is 14.2 Å². The minimum Gasteiger partial charge on any atom is -0.612 e. The summed E-state index contributed by atoms with van der Waals surface area (Å²) in [5.74, 6) is -2.09. The molecule has 0 radical (unpaired) electrons. The first kappa shape index (κ1) is 33.0. The number of urea groups is 1. The molecule has 2 fully saturated rings. The number of hydrogen-bond acceptors (Lipinski definition) is 11. The molecule has 2 heterocycles. The monoisotopic (exact) mass is 631 g/mol. The molecule has 14 nitrogen and oxygen atoms in total. The quantitative estimate of drug-likeness (QED) is 0.103. The number of nitrogens with one attached hydrogen (secondary N) is 2. The molecule has 2 saturated heterocycles. The molecule has 0 aromatic heterocycles. The highest BCUT2D eigenvalue weighted by atomic mass is 32.2. The lowest BCUT2D eigenvalue weighted by Gasteiger charge is -2.36. The normalized spacial score (nSPS) is 18.4. The third-order valence-electron chi connectivity index (χ3n) is 7.16. The average molecular weight is 632 g/mol. The minimum atomic E-state index is -2.21. The van der Waals surface area contributed by atoms with Crippen LogP contribution in [0.25, 0.3) is 0 Å². The summed E-state index contributed by atoms with van der Waals surface area (Å²) in [5.41, 5.74) is 1.33. The summed E-state index contributed by atoms with van der Waals surface area (Å²) in [6, 6.07) is 10.1. The molecule has 0 saturated carbocycles. The fraction of sp³-hybridized carbons (Fsp3) is 0.448. The Bertz CT molecular complexity index is 1330. The van der Waals surface area contributed by atoms with Crippen LogP contribution in [0.3, 0.4) is 0 Å². The Balaban J connectivity index is 1.31. The summed E-state index contributed by atoms with van der Waals surface area (Å²) in [6.07, 6.45) is 1.09. The first-order valence-electron chi connectivity index (χ1n) is 14.1. The largest absolute Gasteiger partial charge is 0.612 e. The number of carbonyl (C=O) groups excluding carboxylic acids is 4. The van der Waals surface area contributed by atoms with Gasteiger partial charge >= 0.3 is 17.9 Å². The van der Waals surface area contributed by atoms with Crippen LogP contribution in [0.5, 0.6) is 11.5 Å². The zero-order chi connectivity index (χ0) is 31.7. The first-order valence-corrected chi connectivity index (χ1v) is 15.0. The molecule has 4 rings (SSSR count). The Morgan fingerprint density at radius 2 is 1.86 bits per heavy atom. The Labute approximate surface area is 258 Å². The predicted octanol–water partition coefficient (Wildman–Crippen LogP) is 2.54. The van der Waals surface area contributed by atoms with Crippen molar-refractivity contribution in [2.24, 2.45) is 0 Å². The van der Waals surface area contributed by atoms with E-state index >= 15 is 0 Å². The second-order valence-corrected chi connectivity index (χ2v) is 11.5. The van der Waals surface area contributed by atoms with Crippen molar-refractivity contribution in [3.8, 4) is 11.5 Å². The van der Waals surface area contributed by atoms with Crippen LogP contribution in [0.4, 0.5) is 4.79 Å². The van der Waals surface area contributed by atoms with E-state index in [-0.39, 0.29) is 48.4 Å². The van der Waals surface area contributed by atoms with Crippen molar-refractivity contribution in [1.29, 1.82) is 0 Å². The molecule has 2 atom stereocenters. The van der Waals surface area contributed by atoms with Crippen molar-refractivity contribution >= 4 is 35.8 Å². The lowest BCUT2D eigenvalue weighted by atomic mass is 10.0. The summed E-state index contributed by atoms with van der Waals surface area (Å²) < 4.78 is 13.4. The minimum absolute atomic E-state index is 0.0613. The first-order chi connectivity index (χ1) is 21.1. The number of phenols is 1. The number of ether oxygens (including phenoxy) is 3. The van der Waals surface area contributed by atoms with Gasteiger partial charge in [-0.05, 0) is 36.1 Å². The number of unbranched alkanes of at least 4 members (excludes halogenated alkanes) is 1. The van der Waals surface area contributed by atoms with E-state index in [0.29, 0.717) is 63.2 Å². The van der Waals surface area contributed by atoms with E-state index in [1.807, 2.05) is 0 Å². The number of methoxy groups -OCH3 is 1. The lowest BCUT2D eigenvalue weighted by Crippen LogP contribution is -2.54. The van der Waals surface area contributed by atoms with Gasteiger partial charge in [-0.3, -0.25) is 9.01 Å². The SMILES string of the molecule is COC(=O)c1c(O)cccc1OCCCCNC(=O)[C@H](Cc1ccc(C2CC(=O)[N+]([O-])([O-])S2)cc1)NC(=O)N1CCOCC1. The lowest BCUT2D eigenvalue weighted by molar-refractivity contribution is -0.593. The number of morpholine rings is 1. The molecule has 0 bridgehead atoms. The summed E-state index contributed by atoms with van der Waals surface area (Å²) in [5, 5.41) is 38.5. The van der Waals surface area contributed by atoms with Gasteiger partial charge in [-0.1, -0.05) is 30.3 Å². The topological polar surface area (TPSA) is 190 Å². The smallest absolute Gasteiger partial charge is 0.345 e. The van der Waals surface area contributed by atoms with E-state index in [1.54, 1.807) is 41.3 Å². The summed E-state index contributed by atoms with van der Waals surface area (Å²) in [4.78, 5) is 51.3. The maximum Gasteiger partial charge on any atom is 0.345 e. The van der Waals surface area contributed by atoms with Crippen LogP contribution in [0, 0.1) is 10.4 Å². The van der Waals surface area contributed by atoms with Crippen LogP contribution in [-0.2, 0) is 25.5 Å². The third kappa shape index (κ3) is 8.60. The number of hydrogen-bond donors (Lipinski definition) is 3. The molecule has 0 spiro atoms. The molecule has 0 aliphatic carbocycles. The molecule has 4 amide bonds. The van der Waals surface area contributed by atoms with Crippen molar-refractivity contribution in [3.05, 3.63) is 69.6 Å². The van der Waals surface area contributed by atoms with Gasteiger partial charge in [0, 0.05) is 26.1 Å². The number of rotatable bonds is 12. The van der Waals surface area contributed by atoms with Gasteiger partial charge in [0.2, 0.25) is 5.91 Å². The van der Waals surface area contributed by atoms with E-state index in [9.17, 15) is 34.7 Å². The molecule has 2 aliphatic rings. The maximum atomic E-state index is 13.2. The fourth-order valence-corrected chi connectivity index (χ4v) is 5.75. The molecule has 44 heavy (non-hydrogen) atoms. The number of phenolic OH excluding ortho intramolecular Hbond substituents is 1. The van der Waals surface area contributed by atoms with Crippen LogP contribution >= 0.6 is 11.9 Å². The standard InChI is InChI=1S/C29H35N4O10S/c1-41-28(37)26-22(34)5-4-6-23(26)43-14-3-2-11-30-27(36)21(31-29(38)32-12-15-42-16-13-32)17-19-7-9-20(10-8-19)24-18-25(35)33(39,40)44-24/h4-10,21,24,34H,2-3,11-18H2,1H3,(H,30,36)(H,31,38)/q-1/t21-,24?/m0/s1. The molecule has 2 aromatic rings. The van der Waals surface area contributed by atoms with Gasteiger partial charge in [-0.15, -0.1) is 0 Å². The van der Waals surface area contributed by atoms with Crippen molar-refractivity contribution in [3.63, 3.8) is 0 Å². The van der Waals surface area contributed by atoms with Crippen LogP contribution < -0.4 is 15.4 Å². The maximum absolute atomic E-state index is 13.2. The number of aromatic hydroxyl groups is 1. The van der Waals surface area contributed by atoms with Gasteiger partial charge in [0.1, 0.15) is 23.1 Å². The second-order valence-electron chi connectivity index (χ2n) is 10.2. The Morgan fingerprint density at radius 3 is 2.52 bits per heavy atom. The molecule has 3 N–H and O–H groups in total. The van der Waals surface area contributed by atoms with Gasteiger partial charge in [0.05, 0.1) is 50.5 Å². The molecular formula is C29H35N4O10S-. The highest BCUT2D eigenvalue weighted by molar-refractivity contribution is 7.94. The van der Waals surface area contributed by atoms with Crippen molar-refractivity contribution in [2.45, 2.75) is 37.0 Å². The van der Waals surface area contributed by atoms with E-state index < -0.39 is 27.4 Å². The third-order valence-corrected chi connectivity index (χ3v) is 8.33. The van der Waals surface area contributed by atoms with Crippen LogP contribution in [0.1, 0.15) is 46.0 Å². The summed E-state index contributed by atoms with van der Waals surface area (Å²) >= 11 is 0.494. The predicted molar refractivity (Wildman–Crippen MR) is 159 cm³/mol. The van der Waals surface area contributed by atoms with Gasteiger partial charge in [0.25, 0.3) is 0 Å². The fourth-order valence-electron chi connectivity index (χ4n) is 4.72. The van der Waals surface area contributed by atoms with Gasteiger partial charge in [0.15, 0.2) is 0 Å². The number of carbonyl (C=O) groups is 4. The molecule has 2 aromatic carbocycles. The number of benzene rings is 2. The van der Waals surface area contributed by atoms with Crippen LogP contribution in [0.2, 0.25) is 0 Å².